The first-order valence-electron chi connectivity index (χ1n) is 4.65. The molecule has 1 atom stereocenters. The molecule has 1 aliphatic rings. The van der Waals surface area contributed by atoms with Crippen molar-refractivity contribution < 1.29 is 4.74 Å². The van der Waals surface area contributed by atoms with Crippen LogP contribution < -0.4 is 0 Å². The number of rotatable bonds is 1. The van der Waals surface area contributed by atoms with Crippen LogP contribution in [0.4, 0.5) is 0 Å². The molecule has 0 N–H and O–H groups in total. The molecule has 0 spiro atoms. The van der Waals surface area contributed by atoms with E-state index in [-0.39, 0.29) is 6.10 Å². The van der Waals surface area contributed by atoms with Crippen LogP contribution in [-0.2, 0) is 4.74 Å². The Bertz CT molecular complexity index is 483. The molecule has 2 aromatic carbocycles. The molecule has 2 heteroatoms. The van der Waals surface area contributed by atoms with E-state index in [2.05, 4.69) is 24.3 Å². The zero-order chi connectivity index (χ0) is 9.54. The molecule has 1 fully saturated rings. The quantitative estimate of drug-likeness (QED) is 0.647. The lowest BCUT2D eigenvalue weighted by Gasteiger charge is -2.05. The summed E-state index contributed by atoms with van der Waals surface area (Å²) < 4.78 is 5.30. The molecule has 0 saturated carbocycles. The summed E-state index contributed by atoms with van der Waals surface area (Å²) in [5.74, 6) is 0. The Morgan fingerprint density at radius 3 is 2.57 bits per heavy atom. The molecule has 2 aromatic rings. The van der Waals surface area contributed by atoms with Gasteiger partial charge in [-0.3, -0.25) is 0 Å². The molecule has 0 aliphatic carbocycles. The molecule has 70 valence electrons. The van der Waals surface area contributed by atoms with Gasteiger partial charge in [0.2, 0.25) is 0 Å². The molecule has 14 heavy (non-hydrogen) atoms. The normalized spacial score (nSPS) is 19.9. The lowest BCUT2D eigenvalue weighted by atomic mass is 10.0. The third kappa shape index (κ3) is 1.21. The second-order valence-corrected chi connectivity index (χ2v) is 3.91. The van der Waals surface area contributed by atoms with E-state index in [4.69, 9.17) is 16.3 Å². The first-order valence-corrected chi connectivity index (χ1v) is 5.03. The van der Waals surface area contributed by atoms with Gasteiger partial charge >= 0.3 is 0 Å². The fourth-order valence-corrected chi connectivity index (χ4v) is 2.11. The van der Waals surface area contributed by atoms with Gasteiger partial charge in [-0.15, -0.1) is 0 Å². The summed E-state index contributed by atoms with van der Waals surface area (Å²) in [6, 6.07) is 12.2. The Labute approximate surface area is 87.3 Å². The van der Waals surface area contributed by atoms with Crippen molar-refractivity contribution in [2.45, 2.75) is 6.10 Å². The lowest BCUT2D eigenvalue weighted by molar-refractivity contribution is 0.417. The maximum absolute atomic E-state index is 6.18. The Morgan fingerprint density at radius 2 is 1.86 bits per heavy atom. The fraction of sp³-hybridized carbons (Fsp3) is 0.167. The highest BCUT2D eigenvalue weighted by Gasteiger charge is 2.26. The zero-order valence-electron chi connectivity index (χ0n) is 7.53. The predicted octanol–water partition coefficient (Wildman–Crippen LogP) is 3.56. The van der Waals surface area contributed by atoms with Crippen molar-refractivity contribution in [2.75, 3.05) is 6.61 Å². The Balaban J connectivity index is 2.37. The molecular weight excluding hydrogens is 196 g/mol. The van der Waals surface area contributed by atoms with Gasteiger partial charge in [0, 0.05) is 10.4 Å². The lowest BCUT2D eigenvalue weighted by Crippen LogP contribution is -1.84. The molecule has 3 rings (SSSR count). The van der Waals surface area contributed by atoms with Crippen LogP contribution in [0.3, 0.4) is 0 Å². The van der Waals surface area contributed by atoms with Crippen molar-refractivity contribution in [3.63, 3.8) is 0 Å². The number of ether oxygens (including phenoxy) is 1. The minimum Gasteiger partial charge on any atom is -0.368 e. The maximum Gasteiger partial charge on any atom is 0.107 e. The van der Waals surface area contributed by atoms with Crippen LogP contribution >= 0.6 is 11.6 Å². The summed E-state index contributed by atoms with van der Waals surface area (Å²) in [5.41, 5.74) is 1.22. The first-order chi connectivity index (χ1) is 6.86. The van der Waals surface area contributed by atoms with Crippen molar-refractivity contribution in [2.24, 2.45) is 0 Å². The topological polar surface area (TPSA) is 12.5 Å². The SMILES string of the molecule is Clc1cccc2cccc([C@H]3CO3)c12. The summed E-state index contributed by atoms with van der Waals surface area (Å²) in [5, 5.41) is 3.14. The molecule has 1 nitrogen and oxygen atoms in total. The summed E-state index contributed by atoms with van der Waals surface area (Å²) in [4.78, 5) is 0. The van der Waals surface area contributed by atoms with Crippen molar-refractivity contribution in [1.82, 2.24) is 0 Å². The third-order valence-corrected chi connectivity index (χ3v) is 2.88. The van der Waals surface area contributed by atoms with E-state index in [1.807, 2.05) is 12.1 Å². The number of hydrogen-bond acceptors (Lipinski definition) is 1. The van der Waals surface area contributed by atoms with Gasteiger partial charge in [-0.05, 0) is 17.0 Å². The Hall–Kier alpha value is -1.05. The monoisotopic (exact) mass is 204 g/mol. The maximum atomic E-state index is 6.18. The van der Waals surface area contributed by atoms with Crippen molar-refractivity contribution in [3.8, 4) is 0 Å². The van der Waals surface area contributed by atoms with Crippen LogP contribution in [0.15, 0.2) is 36.4 Å². The summed E-state index contributed by atoms with van der Waals surface area (Å²) in [6.07, 6.45) is 0.263. The summed E-state index contributed by atoms with van der Waals surface area (Å²) in [6.45, 7) is 0.824. The Morgan fingerprint density at radius 1 is 1.14 bits per heavy atom. The highest BCUT2D eigenvalue weighted by molar-refractivity contribution is 6.35. The van der Waals surface area contributed by atoms with Crippen LogP contribution in [-0.4, -0.2) is 6.61 Å². The van der Waals surface area contributed by atoms with Gasteiger partial charge in [-0.25, -0.2) is 0 Å². The van der Waals surface area contributed by atoms with E-state index in [9.17, 15) is 0 Å². The fourth-order valence-electron chi connectivity index (χ4n) is 1.82. The van der Waals surface area contributed by atoms with E-state index in [1.165, 1.54) is 10.9 Å². The van der Waals surface area contributed by atoms with Crippen LogP contribution in [0.1, 0.15) is 11.7 Å². The van der Waals surface area contributed by atoms with Gasteiger partial charge < -0.3 is 4.74 Å². The number of epoxide rings is 1. The second-order valence-electron chi connectivity index (χ2n) is 3.51. The largest absolute Gasteiger partial charge is 0.368 e. The number of halogens is 1. The van der Waals surface area contributed by atoms with Crippen molar-refractivity contribution >= 4 is 22.4 Å². The molecular formula is C12H9ClO. The average Bonchev–Trinajstić information content (AvgIpc) is 3.01. The predicted molar refractivity (Wildman–Crippen MR) is 57.7 cm³/mol. The molecule has 0 amide bonds. The first kappa shape index (κ1) is 8.27. The van der Waals surface area contributed by atoms with Gasteiger partial charge in [-0.2, -0.15) is 0 Å². The van der Waals surface area contributed by atoms with Crippen molar-refractivity contribution in [1.29, 1.82) is 0 Å². The molecule has 0 bridgehead atoms. The van der Waals surface area contributed by atoms with Gasteiger partial charge in [0.15, 0.2) is 0 Å². The number of fused-ring (bicyclic) bond motifs is 1. The van der Waals surface area contributed by atoms with E-state index in [1.54, 1.807) is 0 Å². The number of benzene rings is 2. The minimum atomic E-state index is 0.263. The molecule has 0 aromatic heterocycles. The second kappa shape index (κ2) is 2.97. The van der Waals surface area contributed by atoms with Crippen LogP contribution in [0.5, 0.6) is 0 Å². The summed E-state index contributed by atoms with van der Waals surface area (Å²) >= 11 is 6.18. The van der Waals surface area contributed by atoms with E-state index in [0.29, 0.717) is 0 Å². The van der Waals surface area contributed by atoms with E-state index in [0.717, 1.165) is 17.0 Å². The number of hydrogen-bond donors (Lipinski definition) is 0. The molecule has 0 radical (unpaired) electrons. The highest BCUT2D eigenvalue weighted by atomic mass is 35.5. The zero-order valence-corrected chi connectivity index (χ0v) is 8.29. The highest BCUT2D eigenvalue weighted by Crippen LogP contribution is 2.37. The molecule has 0 unspecified atom stereocenters. The van der Waals surface area contributed by atoms with Crippen LogP contribution in [0.2, 0.25) is 5.02 Å². The van der Waals surface area contributed by atoms with Crippen molar-refractivity contribution in [3.05, 3.63) is 47.0 Å². The van der Waals surface area contributed by atoms with E-state index < -0.39 is 0 Å². The molecule has 1 aliphatic heterocycles. The summed E-state index contributed by atoms with van der Waals surface area (Å²) in [7, 11) is 0. The van der Waals surface area contributed by atoms with Gasteiger partial charge in [0.05, 0.1) is 6.61 Å². The Kier molecular flexibility index (Phi) is 1.76. The van der Waals surface area contributed by atoms with Crippen LogP contribution in [0, 0.1) is 0 Å². The standard InChI is InChI=1S/C12H9ClO/c13-10-6-2-4-8-3-1-5-9(12(8)10)11-7-14-11/h1-6,11H,7H2/t11-/m1/s1. The third-order valence-electron chi connectivity index (χ3n) is 2.57. The van der Waals surface area contributed by atoms with Gasteiger partial charge in [0.25, 0.3) is 0 Å². The van der Waals surface area contributed by atoms with Gasteiger partial charge in [-0.1, -0.05) is 41.9 Å². The smallest absolute Gasteiger partial charge is 0.107 e. The van der Waals surface area contributed by atoms with Crippen LogP contribution in [0.25, 0.3) is 10.8 Å². The molecule has 1 saturated heterocycles. The van der Waals surface area contributed by atoms with E-state index >= 15 is 0 Å². The van der Waals surface area contributed by atoms with Gasteiger partial charge in [0.1, 0.15) is 6.10 Å². The molecule has 1 heterocycles. The minimum absolute atomic E-state index is 0.263. The average molecular weight is 205 g/mol.